The molecule has 2 unspecified atom stereocenters. The molecule has 2 N–H and O–H groups in total. The SMILES string of the molecule is OC(COc1ccccc1)COc1cccc2c(OCC(O)COc3ccccc3)c(Sc3ccccc3)ccc12. The molecule has 0 spiro atoms. The van der Waals surface area contributed by atoms with Crippen molar-refractivity contribution in [3.63, 3.8) is 0 Å². The summed E-state index contributed by atoms with van der Waals surface area (Å²) in [6, 6.07) is 38.5. The smallest absolute Gasteiger partial charge is 0.141 e. The van der Waals surface area contributed by atoms with E-state index < -0.39 is 12.2 Å². The van der Waals surface area contributed by atoms with Crippen LogP contribution in [0.3, 0.4) is 0 Å². The Labute approximate surface area is 244 Å². The van der Waals surface area contributed by atoms with Crippen molar-refractivity contribution in [2.75, 3.05) is 26.4 Å². The molecule has 0 fully saturated rings. The Morgan fingerprint density at radius 2 is 1.02 bits per heavy atom. The van der Waals surface area contributed by atoms with Crippen molar-refractivity contribution in [2.45, 2.75) is 22.0 Å². The molecule has 0 aliphatic carbocycles. The summed E-state index contributed by atoms with van der Waals surface area (Å²) in [5.74, 6) is 2.65. The average Bonchev–Trinajstić information content (AvgIpc) is 3.02. The summed E-state index contributed by atoms with van der Waals surface area (Å²) < 4.78 is 23.7. The van der Waals surface area contributed by atoms with E-state index in [0.29, 0.717) is 23.0 Å². The molecule has 210 valence electrons. The monoisotopic (exact) mass is 568 g/mol. The number of hydrogen-bond donors (Lipinski definition) is 2. The van der Waals surface area contributed by atoms with Crippen LogP contribution in [0.15, 0.2) is 131 Å². The van der Waals surface area contributed by atoms with Gasteiger partial charge in [-0.15, -0.1) is 0 Å². The Hall–Kier alpha value is -4.17. The fourth-order valence-corrected chi connectivity index (χ4v) is 5.08. The van der Waals surface area contributed by atoms with Gasteiger partial charge in [-0.3, -0.25) is 0 Å². The van der Waals surface area contributed by atoms with Gasteiger partial charge >= 0.3 is 0 Å². The maximum atomic E-state index is 10.6. The van der Waals surface area contributed by atoms with Crippen LogP contribution < -0.4 is 18.9 Å². The van der Waals surface area contributed by atoms with Gasteiger partial charge in [0.1, 0.15) is 61.6 Å². The molecule has 5 rings (SSSR count). The summed E-state index contributed by atoms with van der Waals surface area (Å²) in [7, 11) is 0. The zero-order chi connectivity index (χ0) is 28.3. The number of benzene rings is 5. The van der Waals surface area contributed by atoms with Crippen LogP contribution in [-0.4, -0.2) is 48.8 Å². The molecule has 0 saturated carbocycles. The third-order valence-corrected chi connectivity index (χ3v) is 7.18. The predicted molar refractivity (Wildman–Crippen MR) is 161 cm³/mol. The summed E-state index contributed by atoms with van der Waals surface area (Å²) in [5, 5.41) is 22.8. The Balaban J connectivity index is 1.31. The van der Waals surface area contributed by atoms with Gasteiger partial charge in [-0.05, 0) is 54.6 Å². The van der Waals surface area contributed by atoms with Crippen LogP contribution in [0.2, 0.25) is 0 Å². The largest absolute Gasteiger partial charge is 0.491 e. The van der Waals surface area contributed by atoms with Crippen molar-refractivity contribution in [3.8, 4) is 23.0 Å². The number of aliphatic hydroxyl groups is 2. The zero-order valence-corrected chi connectivity index (χ0v) is 23.3. The number of hydrogen-bond acceptors (Lipinski definition) is 7. The van der Waals surface area contributed by atoms with Crippen LogP contribution in [0.25, 0.3) is 10.8 Å². The van der Waals surface area contributed by atoms with Crippen LogP contribution in [0.1, 0.15) is 0 Å². The lowest BCUT2D eigenvalue weighted by Gasteiger charge is -2.19. The average molecular weight is 569 g/mol. The predicted octanol–water partition coefficient (Wildman–Crippen LogP) is 6.63. The summed E-state index contributed by atoms with van der Waals surface area (Å²) in [6.07, 6.45) is -1.65. The molecule has 7 heteroatoms. The van der Waals surface area contributed by atoms with E-state index in [4.69, 9.17) is 18.9 Å². The van der Waals surface area contributed by atoms with Crippen LogP contribution >= 0.6 is 11.8 Å². The van der Waals surface area contributed by atoms with E-state index in [2.05, 4.69) is 0 Å². The highest BCUT2D eigenvalue weighted by atomic mass is 32.2. The molecule has 0 aromatic heterocycles. The van der Waals surface area contributed by atoms with E-state index in [1.54, 1.807) is 11.8 Å². The van der Waals surface area contributed by atoms with Gasteiger partial charge in [0.15, 0.2) is 0 Å². The molecule has 0 aliphatic heterocycles. The Bertz CT molecular complexity index is 1500. The van der Waals surface area contributed by atoms with Gasteiger partial charge in [-0.1, -0.05) is 78.5 Å². The van der Waals surface area contributed by atoms with Crippen molar-refractivity contribution < 1.29 is 29.2 Å². The van der Waals surface area contributed by atoms with Crippen molar-refractivity contribution in [1.29, 1.82) is 0 Å². The van der Waals surface area contributed by atoms with Crippen molar-refractivity contribution in [3.05, 3.63) is 121 Å². The fraction of sp³-hybridized carbons (Fsp3) is 0.176. The van der Waals surface area contributed by atoms with Crippen molar-refractivity contribution in [1.82, 2.24) is 0 Å². The van der Waals surface area contributed by atoms with Gasteiger partial charge in [0, 0.05) is 15.7 Å². The van der Waals surface area contributed by atoms with Gasteiger partial charge in [0.25, 0.3) is 0 Å². The summed E-state index contributed by atoms with van der Waals surface area (Å²) in [5.41, 5.74) is 0. The second-order valence-electron chi connectivity index (χ2n) is 9.34. The normalized spacial score (nSPS) is 12.4. The molecule has 5 aromatic carbocycles. The minimum atomic E-state index is -0.834. The summed E-state index contributed by atoms with van der Waals surface area (Å²) >= 11 is 1.58. The fourth-order valence-electron chi connectivity index (χ4n) is 4.13. The quantitative estimate of drug-likeness (QED) is 0.156. The molecule has 0 saturated heterocycles. The van der Waals surface area contributed by atoms with Gasteiger partial charge in [-0.2, -0.15) is 0 Å². The van der Waals surface area contributed by atoms with Crippen LogP contribution in [0.5, 0.6) is 23.0 Å². The lowest BCUT2D eigenvalue weighted by atomic mass is 10.1. The molecular formula is C34H32O6S. The highest BCUT2D eigenvalue weighted by molar-refractivity contribution is 7.99. The Morgan fingerprint density at radius 1 is 0.488 bits per heavy atom. The van der Waals surface area contributed by atoms with Gasteiger partial charge in [0.05, 0.1) is 4.90 Å². The highest BCUT2D eigenvalue weighted by Gasteiger charge is 2.17. The van der Waals surface area contributed by atoms with E-state index in [1.165, 1.54) is 0 Å². The molecule has 2 atom stereocenters. The topological polar surface area (TPSA) is 77.4 Å². The number of para-hydroxylation sites is 2. The summed E-state index contributed by atoms with van der Waals surface area (Å²) in [4.78, 5) is 1.98. The maximum absolute atomic E-state index is 10.6. The first-order valence-electron chi connectivity index (χ1n) is 13.4. The Kier molecular flexibility index (Phi) is 10.0. The second-order valence-corrected chi connectivity index (χ2v) is 10.5. The number of ether oxygens (including phenoxy) is 4. The number of fused-ring (bicyclic) bond motifs is 1. The first-order chi connectivity index (χ1) is 20.2. The van der Waals surface area contributed by atoms with Gasteiger partial charge in [-0.25, -0.2) is 0 Å². The van der Waals surface area contributed by atoms with Crippen molar-refractivity contribution >= 4 is 22.5 Å². The lowest BCUT2D eigenvalue weighted by molar-refractivity contribution is 0.0620. The molecule has 41 heavy (non-hydrogen) atoms. The molecule has 5 aromatic rings. The first kappa shape index (κ1) is 28.4. The molecular weight excluding hydrogens is 536 g/mol. The lowest BCUT2D eigenvalue weighted by Crippen LogP contribution is -2.25. The number of rotatable bonds is 14. The maximum Gasteiger partial charge on any atom is 0.141 e. The number of aliphatic hydroxyl groups excluding tert-OH is 2. The van der Waals surface area contributed by atoms with E-state index in [-0.39, 0.29) is 26.4 Å². The minimum Gasteiger partial charge on any atom is -0.491 e. The third kappa shape index (κ3) is 8.17. The Morgan fingerprint density at radius 3 is 1.63 bits per heavy atom. The van der Waals surface area contributed by atoms with Gasteiger partial charge < -0.3 is 29.2 Å². The minimum absolute atomic E-state index is 0.0505. The summed E-state index contributed by atoms with van der Waals surface area (Å²) in [6.45, 7) is 0.338. The first-order valence-corrected chi connectivity index (χ1v) is 14.2. The van der Waals surface area contributed by atoms with E-state index >= 15 is 0 Å². The highest BCUT2D eigenvalue weighted by Crippen LogP contribution is 2.42. The van der Waals surface area contributed by atoms with Crippen LogP contribution in [0.4, 0.5) is 0 Å². The van der Waals surface area contributed by atoms with E-state index in [9.17, 15) is 10.2 Å². The second kappa shape index (κ2) is 14.5. The van der Waals surface area contributed by atoms with Crippen LogP contribution in [0, 0.1) is 0 Å². The van der Waals surface area contributed by atoms with E-state index in [0.717, 1.165) is 20.6 Å². The standard InChI is InChI=1S/C34H32O6S/c35-25(21-37-27-11-4-1-5-12-27)23-39-32-18-10-17-31-30(32)19-20-33(41-29-15-8-3-9-16-29)34(31)40-24-26(36)22-38-28-13-6-2-7-14-28/h1-20,25-26,35-36H,21-24H2. The molecule has 0 amide bonds. The third-order valence-electron chi connectivity index (χ3n) is 6.13. The van der Waals surface area contributed by atoms with Crippen LogP contribution in [-0.2, 0) is 0 Å². The van der Waals surface area contributed by atoms with Crippen molar-refractivity contribution in [2.24, 2.45) is 0 Å². The molecule has 0 aliphatic rings. The van der Waals surface area contributed by atoms with Gasteiger partial charge in [0.2, 0.25) is 0 Å². The molecule has 0 bridgehead atoms. The molecule has 0 heterocycles. The zero-order valence-electron chi connectivity index (χ0n) is 22.5. The molecule has 6 nitrogen and oxygen atoms in total. The molecule has 0 radical (unpaired) electrons. The van der Waals surface area contributed by atoms with E-state index in [1.807, 2.05) is 121 Å².